The average Bonchev–Trinajstić information content (AvgIpc) is 3.42. The first-order valence-electron chi connectivity index (χ1n) is 9.89. The number of oxazole rings is 1. The summed E-state index contributed by atoms with van der Waals surface area (Å²) in [6.07, 6.45) is 1.01. The van der Waals surface area contributed by atoms with Crippen LogP contribution in [0.2, 0.25) is 0 Å². The number of amides is 1. The number of ether oxygens (including phenoxy) is 3. The monoisotopic (exact) mass is 422 g/mol. The van der Waals surface area contributed by atoms with Gasteiger partial charge in [0.25, 0.3) is 5.91 Å². The van der Waals surface area contributed by atoms with Gasteiger partial charge in [0.1, 0.15) is 0 Å². The fourth-order valence-electron chi connectivity index (χ4n) is 3.01. The van der Waals surface area contributed by atoms with Crippen LogP contribution < -0.4 is 14.8 Å². The molecule has 8 heteroatoms. The van der Waals surface area contributed by atoms with Crippen LogP contribution in [0.5, 0.6) is 11.5 Å². The molecule has 1 atom stereocenters. The lowest BCUT2D eigenvalue weighted by atomic mass is 10.1. The van der Waals surface area contributed by atoms with Crippen molar-refractivity contribution in [3.63, 3.8) is 0 Å². The van der Waals surface area contributed by atoms with E-state index in [0.29, 0.717) is 28.8 Å². The summed E-state index contributed by atoms with van der Waals surface area (Å²) in [6.45, 7) is 3.68. The Hall–Kier alpha value is -3.81. The van der Waals surface area contributed by atoms with Crippen LogP contribution in [0.1, 0.15) is 24.8 Å². The first-order chi connectivity index (χ1) is 15.0. The number of hydrogen-bond acceptors (Lipinski definition) is 7. The number of carbonyl (C=O) groups excluding carboxylic acids is 2. The van der Waals surface area contributed by atoms with E-state index in [2.05, 4.69) is 10.3 Å². The number of carbonyl (C=O) groups is 2. The minimum atomic E-state index is -0.953. The van der Waals surface area contributed by atoms with Crippen molar-refractivity contribution in [2.75, 3.05) is 12.1 Å². The molecule has 2 heterocycles. The van der Waals surface area contributed by atoms with Crippen LogP contribution in [-0.4, -0.2) is 29.8 Å². The third kappa shape index (κ3) is 5.03. The Balaban J connectivity index is 1.25. The predicted molar refractivity (Wildman–Crippen MR) is 112 cm³/mol. The van der Waals surface area contributed by atoms with Gasteiger partial charge >= 0.3 is 5.97 Å². The summed E-state index contributed by atoms with van der Waals surface area (Å²) in [5, 5.41) is 2.69. The van der Waals surface area contributed by atoms with Gasteiger partial charge in [-0.2, -0.15) is 0 Å². The number of benzene rings is 2. The molecule has 160 valence electrons. The van der Waals surface area contributed by atoms with Crippen LogP contribution in [0, 0.1) is 6.92 Å². The molecular weight excluding hydrogens is 400 g/mol. The van der Waals surface area contributed by atoms with Crippen molar-refractivity contribution in [1.29, 1.82) is 0 Å². The molecule has 1 amide bonds. The van der Waals surface area contributed by atoms with Crippen molar-refractivity contribution in [1.82, 2.24) is 4.98 Å². The fourth-order valence-corrected chi connectivity index (χ4v) is 3.01. The molecule has 0 saturated carbocycles. The number of fused-ring (bicyclic) bond motifs is 1. The number of anilines is 1. The Morgan fingerprint density at radius 3 is 2.71 bits per heavy atom. The summed E-state index contributed by atoms with van der Waals surface area (Å²) in [4.78, 5) is 28.7. The number of aryl methyl sites for hydroxylation is 2. The SMILES string of the molecule is Cc1ccc(-c2cnc(CCC(=O)OC(C)C(=O)Nc3ccc4c(c3)OCO4)o2)cc1. The molecule has 1 aliphatic rings. The standard InChI is InChI=1S/C23H22N2O6/c1-14-3-5-16(6-4-14)20-12-24-21(31-20)9-10-22(26)30-15(2)23(27)25-17-7-8-18-19(11-17)29-13-28-18/h3-8,11-12,15H,9-10,13H2,1-2H3,(H,25,27). The lowest BCUT2D eigenvalue weighted by molar-refractivity contribution is -0.153. The number of esters is 1. The van der Waals surface area contributed by atoms with E-state index in [1.165, 1.54) is 6.92 Å². The molecule has 0 bridgehead atoms. The van der Waals surface area contributed by atoms with Crippen molar-refractivity contribution in [3.05, 3.63) is 60.1 Å². The Bertz CT molecular complexity index is 1090. The summed E-state index contributed by atoms with van der Waals surface area (Å²) < 4.78 is 21.5. The Morgan fingerprint density at radius 2 is 1.90 bits per heavy atom. The second-order valence-electron chi connectivity index (χ2n) is 7.17. The van der Waals surface area contributed by atoms with Crippen molar-refractivity contribution in [2.45, 2.75) is 32.8 Å². The Kier molecular flexibility index (Phi) is 5.88. The zero-order valence-electron chi connectivity index (χ0n) is 17.2. The first kappa shape index (κ1) is 20.5. The molecule has 1 aromatic heterocycles. The molecule has 8 nitrogen and oxygen atoms in total. The van der Waals surface area contributed by atoms with Crippen LogP contribution in [-0.2, 0) is 20.7 Å². The zero-order valence-corrected chi connectivity index (χ0v) is 17.2. The van der Waals surface area contributed by atoms with Crippen molar-refractivity contribution in [2.24, 2.45) is 0 Å². The highest BCUT2D eigenvalue weighted by Gasteiger charge is 2.20. The second kappa shape index (κ2) is 8.91. The number of nitrogens with one attached hydrogen (secondary N) is 1. The molecule has 1 aliphatic heterocycles. The predicted octanol–water partition coefficient (Wildman–Crippen LogP) is 3.88. The highest BCUT2D eigenvalue weighted by Crippen LogP contribution is 2.34. The van der Waals surface area contributed by atoms with Crippen LogP contribution >= 0.6 is 0 Å². The van der Waals surface area contributed by atoms with Crippen LogP contribution in [0.4, 0.5) is 5.69 Å². The summed E-state index contributed by atoms with van der Waals surface area (Å²) in [6, 6.07) is 12.9. The van der Waals surface area contributed by atoms with Gasteiger partial charge in [-0.15, -0.1) is 0 Å². The summed E-state index contributed by atoms with van der Waals surface area (Å²) in [5.41, 5.74) is 2.60. The van der Waals surface area contributed by atoms with E-state index in [1.54, 1.807) is 24.4 Å². The van der Waals surface area contributed by atoms with Crippen LogP contribution in [0.15, 0.2) is 53.1 Å². The van der Waals surface area contributed by atoms with E-state index in [0.717, 1.165) is 11.1 Å². The van der Waals surface area contributed by atoms with Gasteiger partial charge in [0.2, 0.25) is 6.79 Å². The van der Waals surface area contributed by atoms with Crippen molar-refractivity contribution >= 4 is 17.6 Å². The van der Waals surface area contributed by atoms with Crippen molar-refractivity contribution < 1.29 is 28.2 Å². The molecule has 0 fully saturated rings. The van der Waals surface area contributed by atoms with E-state index < -0.39 is 18.0 Å². The fraction of sp³-hybridized carbons (Fsp3) is 0.261. The molecule has 0 spiro atoms. The third-order valence-corrected chi connectivity index (χ3v) is 4.75. The topological polar surface area (TPSA) is 99.9 Å². The molecule has 2 aromatic carbocycles. The molecule has 1 N–H and O–H groups in total. The molecule has 1 unspecified atom stereocenters. The minimum Gasteiger partial charge on any atom is -0.454 e. The quantitative estimate of drug-likeness (QED) is 0.577. The number of aromatic nitrogens is 1. The van der Waals surface area contributed by atoms with Gasteiger partial charge < -0.3 is 23.9 Å². The number of nitrogens with zero attached hydrogens (tertiary/aromatic N) is 1. The molecule has 31 heavy (non-hydrogen) atoms. The third-order valence-electron chi connectivity index (χ3n) is 4.75. The summed E-state index contributed by atoms with van der Waals surface area (Å²) >= 11 is 0. The van der Waals surface area contributed by atoms with E-state index in [1.807, 2.05) is 31.2 Å². The van der Waals surface area contributed by atoms with Gasteiger partial charge in [0, 0.05) is 23.7 Å². The van der Waals surface area contributed by atoms with Crippen LogP contribution in [0.25, 0.3) is 11.3 Å². The molecule has 0 aliphatic carbocycles. The summed E-state index contributed by atoms with van der Waals surface area (Å²) in [7, 11) is 0. The van der Waals surface area contributed by atoms with Gasteiger partial charge in [-0.1, -0.05) is 29.8 Å². The second-order valence-corrected chi connectivity index (χ2v) is 7.17. The molecular formula is C23H22N2O6. The van der Waals surface area contributed by atoms with Gasteiger partial charge in [-0.3, -0.25) is 9.59 Å². The van der Waals surface area contributed by atoms with Crippen LogP contribution in [0.3, 0.4) is 0 Å². The molecule has 0 saturated heterocycles. The highest BCUT2D eigenvalue weighted by molar-refractivity contribution is 5.95. The van der Waals surface area contributed by atoms with E-state index >= 15 is 0 Å². The van der Waals surface area contributed by atoms with E-state index in [9.17, 15) is 9.59 Å². The lowest BCUT2D eigenvalue weighted by Gasteiger charge is -2.13. The first-order valence-corrected chi connectivity index (χ1v) is 9.89. The Labute approximate surface area is 179 Å². The lowest BCUT2D eigenvalue weighted by Crippen LogP contribution is -2.30. The molecule has 3 aromatic rings. The smallest absolute Gasteiger partial charge is 0.307 e. The maximum absolute atomic E-state index is 12.3. The van der Waals surface area contributed by atoms with E-state index in [-0.39, 0.29) is 19.6 Å². The molecule has 4 rings (SSSR count). The maximum Gasteiger partial charge on any atom is 0.307 e. The number of rotatable bonds is 7. The van der Waals surface area contributed by atoms with Gasteiger partial charge in [-0.05, 0) is 26.0 Å². The number of hydrogen-bond donors (Lipinski definition) is 1. The maximum atomic E-state index is 12.3. The minimum absolute atomic E-state index is 0.0511. The van der Waals surface area contributed by atoms with Crippen molar-refractivity contribution in [3.8, 4) is 22.8 Å². The zero-order chi connectivity index (χ0) is 21.8. The largest absolute Gasteiger partial charge is 0.454 e. The van der Waals surface area contributed by atoms with Gasteiger partial charge in [0.05, 0.1) is 12.6 Å². The Morgan fingerprint density at radius 1 is 1.13 bits per heavy atom. The molecule has 0 radical (unpaired) electrons. The normalized spacial score (nSPS) is 13.0. The summed E-state index contributed by atoms with van der Waals surface area (Å²) in [5.74, 6) is 1.30. The van der Waals surface area contributed by atoms with E-state index in [4.69, 9.17) is 18.6 Å². The average molecular weight is 422 g/mol. The highest BCUT2D eigenvalue weighted by atomic mass is 16.7. The van der Waals surface area contributed by atoms with Gasteiger partial charge in [-0.25, -0.2) is 4.98 Å². The van der Waals surface area contributed by atoms with Gasteiger partial charge in [0.15, 0.2) is 29.3 Å².